The Morgan fingerprint density at radius 3 is 2.50 bits per heavy atom. The van der Waals surface area contributed by atoms with Gasteiger partial charge in [-0.2, -0.15) is 4.72 Å². The highest BCUT2D eigenvalue weighted by molar-refractivity contribution is 7.99. The highest BCUT2D eigenvalue weighted by atomic mass is 35.5. The Morgan fingerprint density at radius 1 is 1.36 bits per heavy atom. The van der Waals surface area contributed by atoms with Gasteiger partial charge in [-0.3, -0.25) is 4.79 Å². The van der Waals surface area contributed by atoms with E-state index in [2.05, 4.69) is 14.6 Å². The van der Waals surface area contributed by atoms with Gasteiger partial charge >= 0.3 is 5.97 Å². The summed E-state index contributed by atoms with van der Waals surface area (Å²) in [5.41, 5.74) is 0. The van der Waals surface area contributed by atoms with Crippen LogP contribution in [0.25, 0.3) is 0 Å². The van der Waals surface area contributed by atoms with Gasteiger partial charge in [0.2, 0.25) is 10.0 Å². The summed E-state index contributed by atoms with van der Waals surface area (Å²) in [6.45, 7) is 2.96. The van der Waals surface area contributed by atoms with Crippen molar-refractivity contribution in [2.24, 2.45) is 4.58 Å². The van der Waals surface area contributed by atoms with Crippen molar-refractivity contribution in [1.82, 2.24) is 10.0 Å². The van der Waals surface area contributed by atoms with Crippen molar-refractivity contribution < 1.29 is 22.3 Å². The Bertz CT molecular complexity index is 758. The molecule has 2 rings (SSSR count). The van der Waals surface area contributed by atoms with Crippen molar-refractivity contribution in [3.63, 3.8) is 0 Å². The van der Waals surface area contributed by atoms with E-state index in [1.807, 2.05) is 0 Å². The zero-order valence-electron chi connectivity index (χ0n) is 15.2. The van der Waals surface area contributed by atoms with E-state index in [1.165, 1.54) is 0 Å². The van der Waals surface area contributed by atoms with Crippen LogP contribution >= 0.6 is 24.4 Å². The molecular weight excluding hydrogens is 433 g/mol. The van der Waals surface area contributed by atoms with Crippen LogP contribution in [0.1, 0.15) is 26.2 Å². The molecule has 158 valence electrons. The second kappa shape index (κ2) is 11.1. The van der Waals surface area contributed by atoms with Gasteiger partial charge in [-0.15, -0.1) is 17.3 Å². The van der Waals surface area contributed by atoms with Gasteiger partial charge in [0.1, 0.15) is 11.9 Å². The summed E-state index contributed by atoms with van der Waals surface area (Å²) < 4.78 is 47.9. The first-order valence-electron chi connectivity index (χ1n) is 8.48. The Balaban J connectivity index is 0.00000392. The fourth-order valence-electron chi connectivity index (χ4n) is 2.95. The minimum atomic E-state index is -4.08. The molecule has 1 aromatic carbocycles. The molecule has 0 radical (unpaired) electrons. The minimum absolute atomic E-state index is 0. The van der Waals surface area contributed by atoms with Crippen LogP contribution in [0, 0.1) is 10.7 Å². The van der Waals surface area contributed by atoms with E-state index in [-0.39, 0.29) is 30.3 Å². The number of ether oxygens (including phenoxy) is 1. The Labute approximate surface area is 173 Å². The standard InChI is InChI=1S/C16H22FN3O5S2.ClH/c1-2-25-15(21)14(11-16(26-20-22)7-9-18-10-8-16)19-27(23,24)13-5-3-12(17)4-6-13;/h3-6,14,18-19H,2,7-11H2,1H3;1H. The smallest absolute Gasteiger partial charge is 0.324 e. The number of benzene rings is 1. The van der Waals surface area contributed by atoms with E-state index >= 15 is 0 Å². The summed E-state index contributed by atoms with van der Waals surface area (Å²) >= 11 is 0.825. The number of carbonyl (C=O) groups excluding carboxylic acids is 1. The molecule has 0 aromatic heterocycles. The number of hydrogen-bond acceptors (Lipinski definition) is 8. The van der Waals surface area contributed by atoms with Crippen LogP contribution < -0.4 is 10.0 Å². The van der Waals surface area contributed by atoms with Gasteiger partial charge < -0.3 is 10.1 Å². The first kappa shape index (κ1) is 24.8. The average molecular weight is 456 g/mol. The number of nitroso groups, excluding NO2 is 1. The van der Waals surface area contributed by atoms with Crippen LogP contribution in [0.3, 0.4) is 0 Å². The van der Waals surface area contributed by atoms with Crippen molar-refractivity contribution in [3.8, 4) is 0 Å². The Morgan fingerprint density at radius 2 is 1.96 bits per heavy atom. The van der Waals surface area contributed by atoms with Crippen LogP contribution in [0.5, 0.6) is 0 Å². The van der Waals surface area contributed by atoms with E-state index in [0.29, 0.717) is 25.9 Å². The number of sulfonamides is 1. The lowest BCUT2D eigenvalue weighted by Crippen LogP contribution is -2.49. The molecule has 0 bridgehead atoms. The van der Waals surface area contributed by atoms with Crippen LogP contribution in [0.15, 0.2) is 33.7 Å². The van der Waals surface area contributed by atoms with Crippen LogP contribution in [-0.2, 0) is 19.6 Å². The summed E-state index contributed by atoms with van der Waals surface area (Å²) in [6, 6.07) is 3.08. The molecule has 12 heteroatoms. The zero-order valence-corrected chi connectivity index (χ0v) is 17.7. The first-order chi connectivity index (χ1) is 12.8. The van der Waals surface area contributed by atoms with Gasteiger partial charge in [0, 0.05) is 21.3 Å². The largest absolute Gasteiger partial charge is 0.465 e. The van der Waals surface area contributed by atoms with Crippen LogP contribution in [0.4, 0.5) is 4.39 Å². The van der Waals surface area contributed by atoms with Crippen molar-refractivity contribution in [2.75, 3.05) is 19.7 Å². The molecule has 0 spiro atoms. The summed E-state index contributed by atoms with van der Waals surface area (Å²) in [6.07, 6.45) is 1.17. The Kier molecular flexibility index (Phi) is 9.78. The van der Waals surface area contributed by atoms with Gasteiger partial charge in [-0.25, -0.2) is 12.8 Å². The average Bonchev–Trinajstić information content (AvgIpc) is 2.62. The number of carbonyl (C=O) groups is 1. The van der Waals surface area contributed by atoms with Gasteiger partial charge in [0.15, 0.2) is 0 Å². The molecule has 1 aliphatic rings. The lowest BCUT2D eigenvalue weighted by Gasteiger charge is -2.36. The first-order valence-corrected chi connectivity index (χ1v) is 10.7. The van der Waals surface area contributed by atoms with Gasteiger partial charge in [-0.05, 0) is 63.5 Å². The normalized spacial score (nSPS) is 17.2. The van der Waals surface area contributed by atoms with Gasteiger partial charge in [0.25, 0.3) is 0 Å². The SMILES string of the molecule is CCOC(=O)C(CC1(SN=O)CCNCC1)NS(=O)(=O)c1ccc(F)cc1.Cl. The van der Waals surface area contributed by atoms with Gasteiger partial charge in [0.05, 0.1) is 11.5 Å². The molecule has 1 aromatic rings. The Hall–Kier alpha value is -1.27. The molecule has 1 unspecified atom stereocenters. The molecule has 1 heterocycles. The molecule has 1 saturated heterocycles. The second-order valence-corrected chi connectivity index (χ2v) is 9.09. The molecule has 1 fully saturated rings. The van der Waals surface area contributed by atoms with E-state index in [0.717, 1.165) is 36.2 Å². The molecule has 0 aliphatic carbocycles. The maximum atomic E-state index is 13.1. The molecule has 1 atom stereocenters. The predicted octanol–water partition coefficient (Wildman–Crippen LogP) is 2.38. The maximum Gasteiger partial charge on any atom is 0.324 e. The van der Waals surface area contributed by atoms with Crippen LogP contribution in [-0.4, -0.2) is 44.9 Å². The van der Waals surface area contributed by atoms with Crippen LogP contribution in [0.2, 0.25) is 0 Å². The zero-order chi connectivity index (χ0) is 19.9. The van der Waals surface area contributed by atoms with E-state index in [4.69, 9.17) is 4.74 Å². The number of nitrogens with zero attached hydrogens (tertiary/aromatic N) is 1. The maximum absolute atomic E-state index is 13.1. The minimum Gasteiger partial charge on any atom is -0.465 e. The third-order valence-corrected chi connectivity index (χ3v) is 6.84. The summed E-state index contributed by atoms with van der Waals surface area (Å²) in [7, 11) is -4.08. The molecule has 2 N–H and O–H groups in total. The lowest BCUT2D eigenvalue weighted by molar-refractivity contribution is -0.145. The molecule has 0 amide bonds. The molecule has 8 nitrogen and oxygen atoms in total. The topological polar surface area (TPSA) is 114 Å². The summed E-state index contributed by atoms with van der Waals surface area (Å²) in [5.74, 6) is -1.30. The number of halogens is 2. The second-order valence-electron chi connectivity index (χ2n) is 6.18. The summed E-state index contributed by atoms with van der Waals surface area (Å²) in [5, 5.41) is 3.16. The highest BCUT2D eigenvalue weighted by Crippen LogP contribution is 2.39. The number of rotatable bonds is 9. The monoisotopic (exact) mass is 455 g/mol. The fraction of sp³-hybridized carbons (Fsp3) is 0.562. The third-order valence-electron chi connectivity index (χ3n) is 4.31. The number of esters is 1. The third kappa shape index (κ3) is 6.66. The van der Waals surface area contributed by atoms with Crippen molar-refractivity contribution in [2.45, 2.75) is 41.9 Å². The van der Waals surface area contributed by atoms with Crippen molar-refractivity contribution >= 4 is 40.3 Å². The van der Waals surface area contributed by atoms with Gasteiger partial charge in [-0.1, -0.05) is 0 Å². The van der Waals surface area contributed by atoms with E-state index in [9.17, 15) is 22.5 Å². The highest BCUT2D eigenvalue weighted by Gasteiger charge is 2.40. The lowest BCUT2D eigenvalue weighted by atomic mass is 9.90. The van der Waals surface area contributed by atoms with E-state index < -0.39 is 32.6 Å². The van der Waals surface area contributed by atoms with Crippen molar-refractivity contribution in [3.05, 3.63) is 35.0 Å². The number of hydrogen-bond donors (Lipinski definition) is 2. The number of piperidine rings is 1. The van der Waals surface area contributed by atoms with E-state index in [1.54, 1.807) is 6.92 Å². The molecule has 1 aliphatic heterocycles. The quantitative estimate of drug-likeness (QED) is 0.334. The predicted molar refractivity (Wildman–Crippen MR) is 107 cm³/mol. The molecule has 28 heavy (non-hydrogen) atoms. The molecule has 0 saturated carbocycles. The number of nitrogens with one attached hydrogen (secondary N) is 2. The van der Waals surface area contributed by atoms with Crippen molar-refractivity contribution in [1.29, 1.82) is 0 Å². The fourth-order valence-corrected chi connectivity index (χ4v) is 4.92. The summed E-state index contributed by atoms with van der Waals surface area (Å²) in [4.78, 5) is 23.1. The molecular formula is C16H23ClFN3O5S2.